The van der Waals surface area contributed by atoms with Crippen LogP contribution in [-0.2, 0) is 0 Å². The molecule has 0 aliphatic heterocycles. The number of benzene rings is 1. The summed E-state index contributed by atoms with van der Waals surface area (Å²) in [5.74, 6) is 2.25. The minimum atomic E-state index is -0.496. The van der Waals surface area contributed by atoms with Crippen molar-refractivity contribution in [1.82, 2.24) is 19.7 Å². The summed E-state index contributed by atoms with van der Waals surface area (Å²) in [4.78, 5) is 9.15. The Morgan fingerprint density at radius 3 is 2.44 bits per heavy atom. The first-order chi connectivity index (χ1) is 11.7. The van der Waals surface area contributed by atoms with Crippen molar-refractivity contribution in [2.24, 2.45) is 5.73 Å². The largest absolute Gasteiger partial charge is 0.391 e. The molecule has 3 atom stereocenters. The second kappa shape index (κ2) is 7.31. The molecule has 2 aromatic heterocycles. The molecule has 3 aromatic rings. The lowest BCUT2D eigenvalue weighted by Gasteiger charge is -2.10. The van der Waals surface area contributed by atoms with E-state index >= 15 is 0 Å². The highest BCUT2D eigenvalue weighted by Crippen LogP contribution is 2.34. The fourth-order valence-electron chi connectivity index (χ4n) is 3.20. The molecule has 0 saturated heterocycles. The van der Waals surface area contributed by atoms with Gasteiger partial charge in [-0.2, -0.15) is 4.68 Å². The maximum absolute atomic E-state index is 10.0. The number of nitrogens with zero attached hydrogens (tertiary/aromatic N) is 4. The molecule has 0 radical (unpaired) electrons. The lowest BCUT2D eigenvalue weighted by atomic mass is 10.1. The van der Waals surface area contributed by atoms with Crippen LogP contribution in [0, 0.1) is 0 Å². The molecular formula is C18H20ClN5O. The van der Waals surface area contributed by atoms with Gasteiger partial charge in [-0.15, -0.1) is 17.5 Å². The summed E-state index contributed by atoms with van der Waals surface area (Å²) < 4.78 is 1.78. The number of aliphatic hydroxyl groups is 1. The predicted molar refractivity (Wildman–Crippen MR) is 97.8 cm³/mol. The quantitative estimate of drug-likeness (QED) is 0.750. The standard InChI is InChI=1S/C18H19N5O.ClH/c19-14-10-13(11-15(14)24)18-21-17(12-6-2-1-3-7-12)22-23(18)16-8-4-5-9-20-16;/h1-9,13-15,24H,10-11,19H2;1H/t13-,14-,15-;/m0./s1. The Kier molecular flexibility index (Phi) is 5.13. The molecule has 3 N–H and O–H groups in total. The van der Waals surface area contributed by atoms with Crippen LogP contribution in [0.4, 0.5) is 0 Å². The van der Waals surface area contributed by atoms with Crippen LogP contribution in [0.25, 0.3) is 17.2 Å². The number of aromatic nitrogens is 4. The van der Waals surface area contributed by atoms with Crippen molar-refractivity contribution in [1.29, 1.82) is 0 Å². The third-order valence-corrected chi connectivity index (χ3v) is 4.47. The maximum atomic E-state index is 10.0. The van der Waals surface area contributed by atoms with E-state index in [0.717, 1.165) is 17.2 Å². The lowest BCUT2D eigenvalue weighted by Crippen LogP contribution is -2.28. The monoisotopic (exact) mass is 357 g/mol. The highest BCUT2D eigenvalue weighted by molar-refractivity contribution is 5.85. The minimum Gasteiger partial charge on any atom is -0.391 e. The Bertz CT molecular complexity index is 814. The van der Waals surface area contributed by atoms with Crippen LogP contribution in [0.5, 0.6) is 0 Å². The molecular weight excluding hydrogens is 338 g/mol. The van der Waals surface area contributed by atoms with Crippen LogP contribution in [0.3, 0.4) is 0 Å². The van der Waals surface area contributed by atoms with Gasteiger partial charge < -0.3 is 10.8 Å². The van der Waals surface area contributed by atoms with Gasteiger partial charge in [0, 0.05) is 23.7 Å². The third kappa shape index (κ3) is 3.42. The van der Waals surface area contributed by atoms with Crippen molar-refractivity contribution >= 4 is 12.4 Å². The molecule has 1 aromatic carbocycles. The predicted octanol–water partition coefficient (Wildman–Crippen LogP) is 2.32. The van der Waals surface area contributed by atoms with E-state index in [4.69, 9.17) is 10.7 Å². The zero-order chi connectivity index (χ0) is 16.5. The van der Waals surface area contributed by atoms with Crippen molar-refractivity contribution < 1.29 is 5.11 Å². The van der Waals surface area contributed by atoms with Gasteiger partial charge in [-0.1, -0.05) is 36.4 Å². The summed E-state index contributed by atoms with van der Waals surface area (Å²) in [5, 5.41) is 14.7. The van der Waals surface area contributed by atoms with Gasteiger partial charge in [0.25, 0.3) is 0 Å². The molecule has 7 heteroatoms. The molecule has 0 unspecified atom stereocenters. The van der Waals surface area contributed by atoms with Crippen LogP contribution in [0.15, 0.2) is 54.7 Å². The molecule has 1 aliphatic rings. The average molecular weight is 358 g/mol. The van der Waals surface area contributed by atoms with Crippen molar-refractivity contribution in [2.75, 3.05) is 0 Å². The second-order valence-electron chi connectivity index (χ2n) is 6.16. The number of aliphatic hydroxyl groups excluding tert-OH is 1. The topological polar surface area (TPSA) is 89.9 Å². The van der Waals surface area contributed by atoms with E-state index in [9.17, 15) is 5.11 Å². The van der Waals surface area contributed by atoms with Gasteiger partial charge in [0.05, 0.1) is 6.10 Å². The van der Waals surface area contributed by atoms with E-state index in [2.05, 4.69) is 10.1 Å². The number of hydrogen-bond donors (Lipinski definition) is 2. The Hall–Kier alpha value is -2.28. The summed E-state index contributed by atoms with van der Waals surface area (Å²) in [6.45, 7) is 0. The van der Waals surface area contributed by atoms with E-state index in [1.54, 1.807) is 10.9 Å². The SMILES string of the molecule is Cl.N[C@H]1C[C@H](c2nc(-c3ccccc3)nn2-c2ccccn2)C[C@@H]1O. The molecule has 1 aliphatic carbocycles. The normalized spacial score (nSPS) is 22.6. The molecule has 0 amide bonds. The Labute approximate surface area is 152 Å². The molecule has 25 heavy (non-hydrogen) atoms. The van der Waals surface area contributed by atoms with Gasteiger partial charge in [-0.25, -0.2) is 9.97 Å². The maximum Gasteiger partial charge on any atom is 0.181 e. The van der Waals surface area contributed by atoms with E-state index in [0.29, 0.717) is 18.7 Å². The molecule has 130 valence electrons. The average Bonchev–Trinajstić information content (AvgIpc) is 3.21. The summed E-state index contributed by atoms with van der Waals surface area (Å²) in [6, 6.07) is 15.3. The number of rotatable bonds is 3. The number of halogens is 1. The van der Waals surface area contributed by atoms with Gasteiger partial charge in [0.1, 0.15) is 5.82 Å². The minimum absolute atomic E-state index is 0. The summed E-state index contributed by atoms with van der Waals surface area (Å²) >= 11 is 0. The molecule has 1 saturated carbocycles. The summed E-state index contributed by atoms with van der Waals surface area (Å²) in [6.07, 6.45) is 2.53. The van der Waals surface area contributed by atoms with Crippen LogP contribution in [0.2, 0.25) is 0 Å². The fraction of sp³-hybridized carbons (Fsp3) is 0.278. The van der Waals surface area contributed by atoms with Gasteiger partial charge in [-0.05, 0) is 25.0 Å². The summed E-state index contributed by atoms with van der Waals surface area (Å²) in [5.41, 5.74) is 6.94. The van der Waals surface area contributed by atoms with Crippen LogP contribution in [-0.4, -0.2) is 37.0 Å². The number of pyridine rings is 1. The van der Waals surface area contributed by atoms with Crippen LogP contribution >= 0.6 is 12.4 Å². The van der Waals surface area contributed by atoms with Crippen LogP contribution < -0.4 is 5.73 Å². The van der Waals surface area contributed by atoms with E-state index < -0.39 is 6.10 Å². The Morgan fingerprint density at radius 1 is 1.04 bits per heavy atom. The molecule has 2 heterocycles. The highest BCUT2D eigenvalue weighted by Gasteiger charge is 2.35. The molecule has 4 rings (SSSR count). The van der Waals surface area contributed by atoms with Gasteiger partial charge in [0.2, 0.25) is 0 Å². The van der Waals surface area contributed by atoms with Crippen molar-refractivity contribution in [3.63, 3.8) is 0 Å². The second-order valence-corrected chi connectivity index (χ2v) is 6.16. The highest BCUT2D eigenvalue weighted by atomic mass is 35.5. The summed E-state index contributed by atoms with van der Waals surface area (Å²) in [7, 11) is 0. The lowest BCUT2D eigenvalue weighted by molar-refractivity contribution is 0.163. The van der Waals surface area contributed by atoms with Gasteiger partial charge >= 0.3 is 0 Å². The Balaban J connectivity index is 0.00000182. The van der Waals surface area contributed by atoms with E-state index in [-0.39, 0.29) is 24.4 Å². The number of hydrogen-bond acceptors (Lipinski definition) is 5. The van der Waals surface area contributed by atoms with E-state index in [1.807, 2.05) is 48.5 Å². The third-order valence-electron chi connectivity index (χ3n) is 4.47. The smallest absolute Gasteiger partial charge is 0.181 e. The first-order valence-electron chi connectivity index (χ1n) is 8.10. The molecule has 0 spiro atoms. The van der Waals surface area contributed by atoms with Crippen molar-refractivity contribution in [3.05, 3.63) is 60.6 Å². The van der Waals surface area contributed by atoms with Gasteiger partial charge in [0.15, 0.2) is 11.6 Å². The Morgan fingerprint density at radius 2 is 1.80 bits per heavy atom. The molecule has 6 nitrogen and oxygen atoms in total. The molecule has 0 bridgehead atoms. The zero-order valence-electron chi connectivity index (χ0n) is 13.6. The molecule has 1 fully saturated rings. The fourth-order valence-corrected chi connectivity index (χ4v) is 3.20. The van der Waals surface area contributed by atoms with Crippen molar-refractivity contribution in [3.8, 4) is 17.2 Å². The first-order valence-corrected chi connectivity index (χ1v) is 8.10. The van der Waals surface area contributed by atoms with Gasteiger partial charge in [-0.3, -0.25) is 0 Å². The zero-order valence-corrected chi connectivity index (χ0v) is 14.4. The van der Waals surface area contributed by atoms with Crippen molar-refractivity contribution in [2.45, 2.75) is 30.9 Å². The van der Waals surface area contributed by atoms with Crippen LogP contribution in [0.1, 0.15) is 24.6 Å². The first kappa shape index (κ1) is 17.5. The van der Waals surface area contributed by atoms with E-state index in [1.165, 1.54) is 0 Å². The number of nitrogens with two attached hydrogens (primary N) is 1.